The molecule has 0 amide bonds. The number of fused-ring (bicyclic) bond motifs is 1. The molecule has 142 valence electrons. The van der Waals surface area contributed by atoms with Crippen molar-refractivity contribution in [1.29, 1.82) is 0 Å². The van der Waals surface area contributed by atoms with Crippen molar-refractivity contribution in [1.82, 2.24) is 19.5 Å². The highest BCUT2D eigenvalue weighted by molar-refractivity contribution is 6.28. The second-order valence-electron chi connectivity index (χ2n) is 6.57. The number of alkyl halides is 1. The van der Waals surface area contributed by atoms with Crippen molar-refractivity contribution in [2.45, 2.75) is 61.9 Å². The van der Waals surface area contributed by atoms with Gasteiger partial charge >= 0.3 is 0 Å². The van der Waals surface area contributed by atoms with Gasteiger partial charge in [0.15, 0.2) is 23.3 Å². The highest BCUT2D eigenvalue weighted by atomic mass is 35.5. The van der Waals surface area contributed by atoms with Gasteiger partial charge < -0.3 is 25.4 Å². The van der Waals surface area contributed by atoms with Gasteiger partial charge in [-0.15, -0.1) is 0 Å². The van der Waals surface area contributed by atoms with Crippen LogP contribution in [0.15, 0.2) is 6.33 Å². The predicted molar refractivity (Wildman–Crippen MR) is 93.7 cm³/mol. The molecule has 3 heterocycles. The number of aromatic nitrogens is 4. The van der Waals surface area contributed by atoms with E-state index in [-0.39, 0.29) is 17.2 Å². The Kier molecular flexibility index (Phi) is 4.93. The molecule has 1 aliphatic heterocycles. The van der Waals surface area contributed by atoms with E-state index in [1.54, 1.807) is 0 Å². The lowest BCUT2D eigenvalue weighted by molar-refractivity contribution is -0.0961. The molecule has 4 N–H and O–H groups in total. The number of nitrogens with zero attached hydrogens (tertiary/aromatic N) is 4. The quantitative estimate of drug-likeness (QED) is 0.512. The summed E-state index contributed by atoms with van der Waals surface area (Å²) < 4.78 is 13.0. The van der Waals surface area contributed by atoms with Gasteiger partial charge in [0.25, 0.3) is 0 Å². The molecule has 1 saturated carbocycles. The fourth-order valence-electron chi connectivity index (χ4n) is 3.51. The van der Waals surface area contributed by atoms with Crippen LogP contribution in [0.1, 0.15) is 31.9 Å². The van der Waals surface area contributed by atoms with Gasteiger partial charge in [0.2, 0.25) is 5.28 Å². The highest BCUT2D eigenvalue weighted by Gasteiger charge is 2.48. The van der Waals surface area contributed by atoms with E-state index in [2.05, 4.69) is 15.0 Å². The first-order valence-electron chi connectivity index (χ1n) is 8.42. The van der Waals surface area contributed by atoms with E-state index in [1.165, 1.54) is 10.9 Å². The summed E-state index contributed by atoms with van der Waals surface area (Å²) in [4.78, 5) is 12.1. The molecular formula is C15H19Cl2N5O4. The molecule has 5 atom stereocenters. The van der Waals surface area contributed by atoms with E-state index < -0.39 is 30.1 Å². The Morgan fingerprint density at radius 2 is 2.00 bits per heavy atom. The number of aliphatic hydroxyl groups is 2. The van der Waals surface area contributed by atoms with Crippen LogP contribution in [-0.4, -0.2) is 59.7 Å². The van der Waals surface area contributed by atoms with Crippen LogP contribution in [0.4, 0.5) is 5.82 Å². The maximum Gasteiger partial charge on any atom is 0.226 e. The minimum absolute atomic E-state index is 0.0462. The zero-order chi connectivity index (χ0) is 18.4. The normalized spacial score (nSPS) is 31.1. The first-order chi connectivity index (χ1) is 12.5. The molecule has 11 heteroatoms. The largest absolute Gasteiger partial charge is 0.387 e. The standard InChI is InChI=1S/C15H19Cl2N5O4/c16-11(25-6-3-1-2-4-6)10-8(23)9(24)14(26-10)22-5-19-7-12(18)20-15(17)21-13(7)22/h5-6,8-11,14,23-24H,1-4H2,(H2,18,20,21)/t8-,9+,10-,11?,14+/m0/s1. The summed E-state index contributed by atoms with van der Waals surface area (Å²) in [5, 5.41) is 20.8. The van der Waals surface area contributed by atoms with Crippen LogP contribution in [0.3, 0.4) is 0 Å². The lowest BCUT2D eigenvalue weighted by atomic mass is 10.1. The van der Waals surface area contributed by atoms with Crippen molar-refractivity contribution in [3.8, 4) is 0 Å². The van der Waals surface area contributed by atoms with Crippen LogP contribution >= 0.6 is 23.2 Å². The van der Waals surface area contributed by atoms with Crippen LogP contribution in [0, 0.1) is 0 Å². The second kappa shape index (κ2) is 7.06. The number of nitrogens with two attached hydrogens (primary N) is 1. The molecule has 2 aliphatic rings. The van der Waals surface area contributed by atoms with Crippen LogP contribution in [0.25, 0.3) is 11.2 Å². The summed E-state index contributed by atoms with van der Waals surface area (Å²) >= 11 is 12.2. The number of anilines is 1. The summed E-state index contributed by atoms with van der Waals surface area (Å²) in [5.41, 5.74) is 5.53. The van der Waals surface area contributed by atoms with E-state index in [0.717, 1.165) is 25.7 Å². The lowest BCUT2D eigenvalue weighted by Crippen LogP contribution is -2.38. The molecule has 26 heavy (non-hydrogen) atoms. The monoisotopic (exact) mass is 403 g/mol. The Hall–Kier alpha value is -1.23. The maximum absolute atomic E-state index is 10.5. The Bertz CT molecular complexity index is 800. The number of nitrogen functional groups attached to an aromatic ring is 1. The third-order valence-corrected chi connectivity index (χ3v) is 5.37. The highest BCUT2D eigenvalue weighted by Crippen LogP contribution is 2.36. The zero-order valence-corrected chi connectivity index (χ0v) is 15.2. The molecule has 0 radical (unpaired) electrons. The van der Waals surface area contributed by atoms with E-state index in [1.807, 2.05) is 0 Å². The molecule has 2 aromatic heterocycles. The first-order valence-corrected chi connectivity index (χ1v) is 9.24. The minimum Gasteiger partial charge on any atom is -0.387 e. The summed E-state index contributed by atoms with van der Waals surface area (Å²) in [7, 11) is 0. The molecule has 2 fully saturated rings. The fraction of sp³-hybridized carbons (Fsp3) is 0.667. The fourth-order valence-corrected chi connectivity index (χ4v) is 4.04. The third kappa shape index (κ3) is 3.12. The van der Waals surface area contributed by atoms with Crippen LogP contribution in [0.5, 0.6) is 0 Å². The minimum atomic E-state index is -1.25. The zero-order valence-electron chi connectivity index (χ0n) is 13.7. The van der Waals surface area contributed by atoms with E-state index in [0.29, 0.717) is 11.2 Å². The van der Waals surface area contributed by atoms with Crippen molar-refractivity contribution in [2.75, 3.05) is 5.73 Å². The maximum atomic E-state index is 10.5. The molecule has 0 spiro atoms. The number of rotatable bonds is 4. The molecule has 9 nitrogen and oxygen atoms in total. The predicted octanol–water partition coefficient (Wildman–Crippen LogP) is 1.21. The summed E-state index contributed by atoms with van der Waals surface area (Å²) in [6.07, 6.45) is 1.16. The molecule has 2 aromatic rings. The third-order valence-electron chi connectivity index (χ3n) is 4.85. The van der Waals surface area contributed by atoms with Gasteiger partial charge in [-0.3, -0.25) is 4.57 Å². The van der Waals surface area contributed by atoms with Crippen LogP contribution in [-0.2, 0) is 9.47 Å². The van der Waals surface area contributed by atoms with Gasteiger partial charge in [-0.2, -0.15) is 9.97 Å². The molecular weight excluding hydrogens is 385 g/mol. The Labute approximate surface area is 159 Å². The lowest BCUT2D eigenvalue weighted by Gasteiger charge is -2.23. The Balaban J connectivity index is 1.58. The average molecular weight is 404 g/mol. The van der Waals surface area contributed by atoms with Gasteiger partial charge in [0.05, 0.1) is 12.4 Å². The number of imidazole rings is 1. The summed E-state index contributed by atoms with van der Waals surface area (Å²) in [6, 6.07) is 0. The van der Waals surface area contributed by atoms with Crippen molar-refractivity contribution < 1.29 is 19.7 Å². The molecule has 4 rings (SSSR count). The van der Waals surface area contributed by atoms with E-state index in [4.69, 9.17) is 38.4 Å². The van der Waals surface area contributed by atoms with Gasteiger partial charge in [0.1, 0.15) is 23.8 Å². The Morgan fingerprint density at radius 3 is 2.73 bits per heavy atom. The molecule has 0 aromatic carbocycles. The second-order valence-corrected chi connectivity index (χ2v) is 7.34. The molecule has 1 aliphatic carbocycles. The smallest absolute Gasteiger partial charge is 0.226 e. The molecule has 1 unspecified atom stereocenters. The van der Waals surface area contributed by atoms with E-state index in [9.17, 15) is 10.2 Å². The molecule has 0 bridgehead atoms. The molecule has 1 saturated heterocycles. The Morgan fingerprint density at radius 1 is 1.27 bits per heavy atom. The van der Waals surface area contributed by atoms with Gasteiger partial charge in [0, 0.05) is 0 Å². The van der Waals surface area contributed by atoms with Crippen molar-refractivity contribution in [3.05, 3.63) is 11.6 Å². The number of ether oxygens (including phenoxy) is 2. The summed E-state index contributed by atoms with van der Waals surface area (Å²) in [6.45, 7) is 0. The topological polar surface area (TPSA) is 129 Å². The number of aliphatic hydroxyl groups excluding tert-OH is 2. The summed E-state index contributed by atoms with van der Waals surface area (Å²) in [5.74, 6) is 0.114. The van der Waals surface area contributed by atoms with Crippen LogP contribution in [0.2, 0.25) is 5.28 Å². The SMILES string of the molecule is Nc1nc(Cl)nc2c1ncn2[C@@H]1O[C@H](C(Cl)OC2CCCC2)[C@@H](O)[C@H]1O. The first kappa shape index (κ1) is 18.1. The van der Waals surface area contributed by atoms with E-state index >= 15 is 0 Å². The van der Waals surface area contributed by atoms with Gasteiger partial charge in [-0.25, -0.2) is 4.98 Å². The number of hydrogen-bond acceptors (Lipinski definition) is 8. The van der Waals surface area contributed by atoms with Gasteiger partial charge in [-0.05, 0) is 24.4 Å². The van der Waals surface area contributed by atoms with Crippen molar-refractivity contribution in [3.63, 3.8) is 0 Å². The van der Waals surface area contributed by atoms with Crippen molar-refractivity contribution >= 4 is 40.2 Å². The van der Waals surface area contributed by atoms with Gasteiger partial charge in [-0.1, -0.05) is 24.4 Å². The van der Waals surface area contributed by atoms with Crippen molar-refractivity contribution in [2.24, 2.45) is 0 Å². The van der Waals surface area contributed by atoms with Crippen LogP contribution < -0.4 is 5.73 Å². The number of hydrogen-bond donors (Lipinski definition) is 3. The number of halogens is 2. The average Bonchev–Trinajstić information content (AvgIpc) is 3.29.